The number of non-ortho nitro benzene ring substituents is 1. The van der Waals surface area contributed by atoms with E-state index in [1.54, 1.807) is 23.7 Å². The van der Waals surface area contributed by atoms with Crippen LogP contribution in [-0.2, 0) is 11.8 Å². The van der Waals surface area contributed by atoms with Gasteiger partial charge < -0.3 is 14.6 Å². The quantitative estimate of drug-likeness (QED) is 0.296. The second-order valence-corrected chi connectivity index (χ2v) is 7.38. The van der Waals surface area contributed by atoms with Crippen LogP contribution in [0.2, 0.25) is 5.02 Å². The number of nitrogens with one attached hydrogen (secondary N) is 1. The van der Waals surface area contributed by atoms with Crippen molar-refractivity contribution in [1.82, 2.24) is 14.8 Å². The molecule has 0 fully saturated rings. The van der Waals surface area contributed by atoms with Gasteiger partial charge in [-0.1, -0.05) is 23.4 Å². The summed E-state index contributed by atoms with van der Waals surface area (Å²) in [4.78, 5) is 22.5. The van der Waals surface area contributed by atoms with Gasteiger partial charge in [0.2, 0.25) is 5.91 Å². The third-order valence-electron chi connectivity index (χ3n) is 3.94. The Bertz CT molecular complexity index is 1110. The highest BCUT2D eigenvalue weighted by Gasteiger charge is 2.16. The standard InChI is InChI=1S/C18H14ClF2N5O4S/c1-25-16(10-2-5-12(6-3-10)30-17(20)21)23-24-18(25)31-9-15(27)22-14-8-11(26(28)29)4-7-13(14)19/h2-8,17H,9H2,1H3,(H,22,27). The van der Waals surface area contributed by atoms with Crippen molar-refractivity contribution in [2.24, 2.45) is 7.05 Å². The van der Waals surface area contributed by atoms with Gasteiger partial charge in [-0.05, 0) is 30.3 Å². The first-order chi connectivity index (χ1) is 14.7. The van der Waals surface area contributed by atoms with Crippen molar-refractivity contribution in [3.8, 4) is 17.1 Å². The fraction of sp³-hybridized carbons (Fsp3) is 0.167. The number of hydrogen-bond donors (Lipinski definition) is 1. The zero-order valence-electron chi connectivity index (χ0n) is 15.8. The molecule has 9 nitrogen and oxygen atoms in total. The second kappa shape index (κ2) is 9.71. The van der Waals surface area contributed by atoms with Crippen LogP contribution in [0.15, 0.2) is 47.6 Å². The summed E-state index contributed by atoms with van der Waals surface area (Å²) >= 11 is 7.07. The number of rotatable bonds is 8. The fourth-order valence-corrected chi connectivity index (χ4v) is 3.39. The van der Waals surface area contributed by atoms with E-state index in [2.05, 4.69) is 20.3 Å². The molecule has 162 valence electrons. The first kappa shape index (κ1) is 22.4. The monoisotopic (exact) mass is 469 g/mol. The van der Waals surface area contributed by atoms with E-state index in [4.69, 9.17) is 11.6 Å². The Morgan fingerprint density at radius 1 is 1.29 bits per heavy atom. The van der Waals surface area contributed by atoms with Gasteiger partial charge in [-0.15, -0.1) is 10.2 Å². The number of aromatic nitrogens is 3. The lowest BCUT2D eigenvalue weighted by Gasteiger charge is -2.08. The van der Waals surface area contributed by atoms with E-state index in [1.165, 1.54) is 30.3 Å². The molecule has 0 aliphatic carbocycles. The summed E-state index contributed by atoms with van der Waals surface area (Å²) in [6.45, 7) is -2.91. The molecule has 0 aliphatic heterocycles. The number of alkyl halides is 2. The summed E-state index contributed by atoms with van der Waals surface area (Å²) in [6, 6.07) is 9.64. The van der Waals surface area contributed by atoms with Crippen molar-refractivity contribution in [3.63, 3.8) is 0 Å². The molecular weight excluding hydrogens is 456 g/mol. The number of hydrogen-bond acceptors (Lipinski definition) is 7. The summed E-state index contributed by atoms with van der Waals surface area (Å²) in [7, 11) is 1.69. The van der Waals surface area contributed by atoms with E-state index in [0.717, 1.165) is 11.8 Å². The molecule has 31 heavy (non-hydrogen) atoms. The number of carbonyl (C=O) groups is 1. The number of thioether (sulfide) groups is 1. The lowest BCUT2D eigenvalue weighted by Crippen LogP contribution is -2.15. The molecule has 1 N–H and O–H groups in total. The average Bonchev–Trinajstić information content (AvgIpc) is 3.08. The second-order valence-electron chi connectivity index (χ2n) is 6.03. The molecule has 0 saturated carbocycles. The number of anilines is 1. The Hall–Kier alpha value is -3.25. The Morgan fingerprint density at radius 3 is 2.65 bits per heavy atom. The lowest BCUT2D eigenvalue weighted by molar-refractivity contribution is -0.384. The zero-order valence-corrected chi connectivity index (χ0v) is 17.4. The molecule has 0 unspecified atom stereocenters. The maximum Gasteiger partial charge on any atom is 0.387 e. The average molecular weight is 470 g/mol. The maximum absolute atomic E-state index is 12.3. The highest BCUT2D eigenvalue weighted by molar-refractivity contribution is 7.99. The van der Waals surface area contributed by atoms with Crippen molar-refractivity contribution in [2.75, 3.05) is 11.1 Å². The van der Waals surface area contributed by atoms with E-state index in [1.807, 2.05) is 0 Å². The largest absolute Gasteiger partial charge is 0.435 e. The Kier molecular flexibility index (Phi) is 7.02. The number of ether oxygens (including phenoxy) is 1. The van der Waals surface area contributed by atoms with Gasteiger partial charge >= 0.3 is 6.61 Å². The fourth-order valence-electron chi connectivity index (χ4n) is 2.52. The molecular formula is C18H14ClF2N5O4S. The van der Waals surface area contributed by atoms with Crippen LogP contribution in [-0.4, -0.2) is 38.0 Å². The van der Waals surface area contributed by atoms with Crippen molar-refractivity contribution >= 4 is 40.6 Å². The molecule has 0 spiro atoms. The first-order valence-corrected chi connectivity index (χ1v) is 9.92. The van der Waals surface area contributed by atoms with Crippen LogP contribution in [0.4, 0.5) is 20.2 Å². The molecule has 1 amide bonds. The molecule has 3 aromatic rings. The maximum atomic E-state index is 12.3. The molecule has 0 aliphatic rings. The van der Waals surface area contributed by atoms with E-state index >= 15 is 0 Å². The summed E-state index contributed by atoms with van der Waals surface area (Å²) in [5, 5.41) is 22.1. The summed E-state index contributed by atoms with van der Waals surface area (Å²) in [5.74, 6) is -0.00252. The molecule has 13 heteroatoms. The van der Waals surface area contributed by atoms with Gasteiger partial charge in [0.05, 0.1) is 21.4 Å². The number of carbonyl (C=O) groups excluding carboxylic acids is 1. The molecule has 1 aromatic heterocycles. The van der Waals surface area contributed by atoms with Crippen LogP contribution in [0, 0.1) is 10.1 Å². The molecule has 1 heterocycles. The smallest absolute Gasteiger partial charge is 0.387 e. The Morgan fingerprint density at radius 2 is 2.00 bits per heavy atom. The van der Waals surface area contributed by atoms with Crippen molar-refractivity contribution < 1.29 is 23.2 Å². The zero-order chi connectivity index (χ0) is 22.5. The molecule has 2 aromatic carbocycles. The summed E-state index contributed by atoms with van der Waals surface area (Å²) in [6.07, 6.45) is 0. The van der Waals surface area contributed by atoms with Crippen LogP contribution in [0.3, 0.4) is 0 Å². The minimum Gasteiger partial charge on any atom is -0.435 e. The summed E-state index contributed by atoms with van der Waals surface area (Å²) in [5.41, 5.74) is 0.554. The van der Waals surface area contributed by atoms with E-state index in [9.17, 15) is 23.7 Å². The number of halogens is 3. The molecule has 0 radical (unpaired) electrons. The Balaban J connectivity index is 1.64. The third-order valence-corrected chi connectivity index (χ3v) is 5.29. The highest BCUT2D eigenvalue weighted by Crippen LogP contribution is 2.28. The van der Waals surface area contributed by atoms with Crippen LogP contribution < -0.4 is 10.1 Å². The molecule has 0 bridgehead atoms. The number of benzene rings is 2. The van der Waals surface area contributed by atoms with Gasteiger partial charge in [-0.2, -0.15) is 8.78 Å². The van der Waals surface area contributed by atoms with Gasteiger partial charge in [-0.3, -0.25) is 14.9 Å². The van der Waals surface area contributed by atoms with Crippen molar-refractivity contribution in [2.45, 2.75) is 11.8 Å². The normalized spacial score (nSPS) is 10.9. The van der Waals surface area contributed by atoms with Crippen molar-refractivity contribution in [3.05, 3.63) is 57.6 Å². The minimum absolute atomic E-state index is 0.0204. The number of nitro benzene ring substituents is 1. The van der Waals surface area contributed by atoms with Gasteiger partial charge in [-0.25, -0.2) is 0 Å². The van der Waals surface area contributed by atoms with E-state index in [0.29, 0.717) is 16.5 Å². The lowest BCUT2D eigenvalue weighted by atomic mass is 10.2. The molecule has 0 saturated heterocycles. The highest BCUT2D eigenvalue weighted by atomic mass is 35.5. The molecule has 3 rings (SSSR count). The van der Waals surface area contributed by atoms with Crippen LogP contribution in [0.5, 0.6) is 5.75 Å². The summed E-state index contributed by atoms with van der Waals surface area (Å²) < 4.78 is 30.5. The number of nitrogens with zero attached hydrogens (tertiary/aromatic N) is 4. The third kappa shape index (κ3) is 5.67. The van der Waals surface area contributed by atoms with E-state index in [-0.39, 0.29) is 27.9 Å². The number of amides is 1. The van der Waals surface area contributed by atoms with Gasteiger partial charge in [0.25, 0.3) is 5.69 Å². The topological polar surface area (TPSA) is 112 Å². The number of nitro groups is 1. The minimum atomic E-state index is -2.91. The van der Waals surface area contributed by atoms with Crippen LogP contribution in [0.1, 0.15) is 0 Å². The molecule has 0 atom stereocenters. The van der Waals surface area contributed by atoms with Gasteiger partial charge in [0.1, 0.15) is 5.75 Å². The van der Waals surface area contributed by atoms with Crippen molar-refractivity contribution in [1.29, 1.82) is 0 Å². The Labute approximate surface area is 183 Å². The van der Waals surface area contributed by atoms with E-state index < -0.39 is 17.4 Å². The van der Waals surface area contributed by atoms with Crippen LogP contribution >= 0.6 is 23.4 Å². The predicted molar refractivity (Wildman–Crippen MR) is 111 cm³/mol. The predicted octanol–water partition coefficient (Wildman–Crippen LogP) is 4.38. The van der Waals surface area contributed by atoms with Gasteiger partial charge in [0, 0.05) is 24.7 Å². The van der Waals surface area contributed by atoms with Gasteiger partial charge in [0.15, 0.2) is 11.0 Å². The first-order valence-electron chi connectivity index (χ1n) is 8.56. The SMILES string of the molecule is Cn1c(SCC(=O)Nc2cc([N+](=O)[O-])ccc2Cl)nnc1-c1ccc(OC(F)F)cc1. The van der Waals surface area contributed by atoms with Crippen LogP contribution in [0.25, 0.3) is 11.4 Å².